The van der Waals surface area contributed by atoms with Crippen molar-refractivity contribution in [3.63, 3.8) is 0 Å². The van der Waals surface area contributed by atoms with E-state index in [1.807, 2.05) is 0 Å². The van der Waals surface area contributed by atoms with E-state index in [2.05, 4.69) is 50.4 Å². The Kier molecular flexibility index (Phi) is 4.40. The summed E-state index contributed by atoms with van der Waals surface area (Å²) in [6.45, 7) is 7.34. The number of hydrogen-bond acceptors (Lipinski definition) is 1. The number of rotatable bonds is 2. The molecule has 2 aliphatic rings. The molecule has 3 unspecified atom stereocenters. The molecule has 1 heteroatoms. The average molecular weight is 285 g/mol. The summed E-state index contributed by atoms with van der Waals surface area (Å²) in [7, 11) is 0. The number of fused-ring (bicyclic) bond motifs is 1. The van der Waals surface area contributed by atoms with Gasteiger partial charge in [-0.05, 0) is 48.1 Å². The second kappa shape index (κ2) is 6.12. The summed E-state index contributed by atoms with van der Waals surface area (Å²) in [5.74, 6) is 0.817. The highest BCUT2D eigenvalue weighted by atomic mass is 15.0. The third-order valence-electron chi connectivity index (χ3n) is 5.93. The van der Waals surface area contributed by atoms with E-state index in [4.69, 9.17) is 0 Å². The molecule has 1 N–H and O–H groups in total. The molecule has 0 saturated heterocycles. The Balaban J connectivity index is 1.85. The molecule has 3 rings (SSSR count). The van der Waals surface area contributed by atoms with Gasteiger partial charge in [0.25, 0.3) is 0 Å². The van der Waals surface area contributed by atoms with E-state index < -0.39 is 0 Å². The third-order valence-corrected chi connectivity index (χ3v) is 5.93. The van der Waals surface area contributed by atoms with Crippen LogP contribution in [0.15, 0.2) is 24.3 Å². The summed E-state index contributed by atoms with van der Waals surface area (Å²) >= 11 is 0. The molecule has 21 heavy (non-hydrogen) atoms. The van der Waals surface area contributed by atoms with Crippen LogP contribution in [0.1, 0.15) is 76.5 Å². The fraction of sp³-hybridized carbons (Fsp3) is 0.700. The first-order valence-electron chi connectivity index (χ1n) is 8.92. The molecule has 1 nitrogen and oxygen atoms in total. The highest BCUT2D eigenvalue weighted by molar-refractivity contribution is 5.34. The van der Waals surface area contributed by atoms with Crippen molar-refractivity contribution in [2.45, 2.75) is 77.8 Å². The van der Waals surface area contributed by atoms with Crippen LogP contribution in [0.3, 0.4) is 0 Å². The van der Waals surface area contributed by atoms with Crippen LogP contribution in [0.25, 0.3) is 0 Å². The number of hydrogen-bond donors (Lipinski definition) is 1. The van der Waals surface area contributed by atoms with E-state index in [0.29, 0.717) is 17.5 Å². The minimum absolute atomic E-state index is 0.361. The molecule has 0 spiro atoms. The van der Waals surface area contributed by atoms with Crippen LogP contribution in [-0.4, -0.2) is 6.04 Å². The molecule has 0 bridgehead atoms. The Morgan fingerprint density at radius 2 is 1.81 bits per heavy atom. The lowest BCUT2D eigenvalue weighted by molar-refractivity contribution is 0.174. The smallest absolute Gasteiger partial charge is 0.0377 e. The van der Waals surface area contributed by atoms with Crippen molar-refractivity contribution in [3.8, 4) is 0 Å². The van der Waals surface area contributed by atoms with Crippen molar-refractivity contribution in [2.75, 3.05) is 0 Å². The lowest BCUT2D eigenvalue weighted by atomic mass is 9.70. The molecule has 1 saturated carbocycles. The van der Waals surface area contributed by atoms with Gasteiger partial charge in [-0.15, -0.1) is 0 Å². The summed E-state index contributed by atoms with van der Waals surface area (Å²) in [5, 5.41) is 4.09. The first kappa shape index (κ1) is 15.1. The summed E-state index contributed by atoms with van der Waals surface area (Å²) in [6.07, 6.45) is 9.53. The second-order valence-electron chi connectivity index (χ2n) is 8.01. The van der Waals surface area contributed by atoms with Gasteiger partial charge in [0.2, 0.25) is 0 Å². The quantitative estimate of drug-likeness (QED) is 0.731. The van der Waals surface area contributed by atoms with Crippen LogP contribution >= 0.6 is 0 Å². The van der Waals surface area contributed by atoms with Crippen LogP contribution in [0, 0.1) is 11.3 Å². The minimum atomic E-state index is 0.361. The number of aryl methyl sites for hydroxylation is 1. The van der Waals surface area contributed by atoms with E-state index in [0.717, 1.165) is 5.92 Å². The van der Waals surface area contributed by atoms with E-state index in [-0.39, 0.29) is 0 Å². The van der Waals surface area contributed by atoms with Crippen molar-refractivity contribution in [1.29, 1.82) is 0 Å². The van der Waals surface area contributed by atoms with Gasteiger partial charge in [-0.25, -0.2) is 0 Å². The Morgan fingerprint density at radius 3 is 2.67 bits per heavy atom. The van der Waals surface area contributed by atoms with Crippen molar-refractivity contribution < 1.29 is 0 Å². The van der Waals surface area contributed by atoms with Gasteiger partial charge in [0.15, 0.2) is 0 Å². The molecule has 116 valence electrons. The van der Waals surface area contributed by atoms with E-state index in [9.17, 15) is 0 Å². The molecule has 0 aliphatic heterocycles. The maximum atomic E-state index is 4.09. The van der Waals surface area contributed by atoms with Gasteiger partial charge in [-0.3, -0.25) is 0 Å². The van der Waals surface area contributed by atoms with Crippen LogP contribution in [-0.2, 0) is 6.42 Å². The van der Waals surface area contributed by atoms with E-state index in [1.54, 1.807) is 11.1 Å². The monoisotopic (exact) mass is 285 g/mol. The SMILES string of the molecule is CC1CCCCCC1NC1c2ccccc2CCC1(C)C. The highest BCUT2D eigenvalue weighted by Crippen LogP contribution is 2.44. The zero-order chi connectivity index (χ0) is 14.9. The molecule has 2 aliphatic carbocycles. The maximum Gasteiger partial charge on any atom is 0.0377 e. The zero-order valence-corrected chi connectivity index (χ0v) is 14.0. The zero-order valence-electron chi connectivity index (χ0n) is 14.0. The van der Waals surface area contributed by atoms with Gasteiger partial charge in [-0.1, -0.05) is 64.3 Å². The van der Waals surface area contributed by atoms with Crippen LogP contribution in [0.5, 0.6) is 0 Å². The first-order chi connectivity index (χ1) is 10.1. The van der Waals surface area contributed by atoms with E-state index in [1.165, 1.54) is 44.9 Å². The average Bonchev–Trinajstić information content (AvgIpc) is 2.67. The molecule has 1 fully saturated rings. The normalized spacial score (nSPS) is 32.2. The first-order valence-corrected chi connectivity index (χ1v) is 8.92. The molecule has 1 aromatic carbocycles. The fourth-order valence-electron chi connectivity index (χ4n) is 4.34. The summed E-state index contributed by atoms with van der Waals surface area (Å²) in [6, 6.07) is 10.3. The third kappa shape index (κ3) is 3.18. The van der Waals surface area contributed by atoms with E-state index >= 15 is 0 Å². The fourth-order valence-corrected chi connectivity index (χ4v) is 4.34. The number of nitrogens with one attached hydrogen (secondary N) is 1. The van der Waals surface area contributed by atoms with Crippen molar-refractivity contribution in [1.82, 2.24) is 5.32 Å². The van der Waals surface area contributed by atoms with Crippen molar-refractivity contribution in [2.24, 2.45) is 11.3 Å². The van der Waals surface area contributed by atoms with Crippen molar-refractivity contribution >= 4 is 0 Å². The predicted molar refractivity (Wildman–Crippen MR) is 90.5 cm³/mol. The molecule has 0 amide bonds. The Hall–Kier alpha value is -0.820. The molecule has 1 aromatic rings. The topological polar surface area (TPSA) is 12.0 Å². The molecule has 0 radical (unpaired) electrons. The van der Waals surface area contributed by atoms with Crippen molar-refractivity contribution in [3.05, 3.63) is 35.4 Å². The summed E-state index contributed by atoms with van der Waals surface area (Å²) in [5.41, 5.74) is 3.49. The summed E-state index contributed by atoms with van der Waals surface area (Å²) < 4.78 is 0. The van der Waals surface area contributed by atoms with Gasteiger partial charge in [-0.2, -0.15) is 0 Å². The van der Waals surface area contributed by atoms with Gasteiger partial charge >= 0.3 is 0 Å². The lowest BCUT2D eigenvalue weighted by Gasteiger charge is -2.43. The molecule has 0 aromatic heterocycles. The largest absolute Gasteiger partial charge is 0.306 e. The molecule has 0 heterocycles. The Labute approximate surface area is 130 Å². The Bertz CT molecular complexity index is 476. The van der Waals surface area contributed by atoms with Gasteiger partial charge < -0.3 is 5.32 Å². The molecular weight excluding hydrogens is 254 g/mol. The standard InChI is InChI=1S/C20H31N/c1-15-9-5-4-6-12-18(15)21-19-17-11-8-7-10-16(17)13-14-20(19,2)3/h7-8,10-11,15,18-19,21H,4-6,9,12-14H2,1-3H3. The van der Waals surface area contributed by atoms with Crippen LogP contribution in [0.4, 0.5) is 0 Å². The van der Waals surface area contributed by atoms with Gasteiger partial charge in [0, 0.05) is 12.1 Å². The molecule has 3 atom stereocenters. The molecular formula is C20H31N. The summed E-state index contributed by atoms with van der Waals surface area (Å²) in [4.78, 5) is 0. The highest BCUT2D eigenvalue weighted by Gasteiger charge is 2.37. The Morgan fingerprint density at radius 1 is 1.05 bits per heavy atom. The predicted octanol–water partition coefficient (Wildman–Crippen LogP) is 5.26. The van der Waals surface area contributed by atoms with Crippen LogP contribution in [0.2, 0.25) is 0 Å². The number of benzene rings is 1. The van der Waals surface area contributed by atoms with Crippen LogP contribution < -0.4 is 5.32 Å². The maximum absolute atomic E-state index is 4.09. The lowest BCUT2D eigenvalue weighted by Crippen LogP contribution is -2.45. The van der Waals surface area contributed by atoms with Gasteiger partial charge in [0.05, 0.1) is 0 Å². The van der Waals surface area contributed by atoms with Gasteiger partial charge in [0.1, 0.15) is 0 Å². The minimum Gasteiger partial charge on any atom is -0.306 e. The second-order valence-corrected chi connectivity index (χ2v) is 8.01.